The summed E-state index contributed by atoms with van der Waals surface area (Å²) in [7, 11) is 0. The van der Waals surface area contributed by atoms with E-state index in [1.807, 2.05) is 30.5 Å². The second-order valence-corrected chi connectivity index (χ2v) is 4.78. The van der Waals surface area contributed by atoms with Gasteiger partial charge in [-0.05, 0) is 35.0 Å². The average molecular weight is 288 g/mol. The van der Waals surface area contributed by atoms with Crippen LogP contribution in [0.3, 0.4) is 0 Å². The lowest BCUT2D eigenvalue weighted by Crippen LogP contribution is -1.86. The molecule has 0 radical (unpaired) electrons. The largest absolute Gasteiger partial charge is 0.219 e. The molecule has 0 atom stereocenters. The van der Waals surface area contributed by atoms with Gasteiger partial charge in [0.05, 0.1) is 4.47 Å². The van der Waals surface area contributed by atoms with Crippen LogP contribution in [0.5, 0.6) is 0 Å². The molecule has 0 N–H and O–H groups in total. The number of pyridine rings is 1. The van der Waals surface area contributed by atoms with Crippen molar-refractivity contribution < 1.29 is 0 Å². The number of aromatic nitrogens is 3. The first-order chi connectivity index (χ1) is 8.24. The van der Waals surface area contributed by atoms with Gasteiger partial charge in [0.25, 0.3) is 0 Å². The number of hydrogen-bond acceptors (Lipinski definition) is 2. The minimum Gasteiger partial charge on any atom is -0.219 e. The Balaban J connectivity index is 2.18. The average Bonchev–Trinajstić information content (AvgIpc) is 2.75. The van der Waals surface area contributed by atoms with Crippen LogP contribution >= 0.6 is 15.9 Å². The number of halogens is 1. The van der Waals surface area contributed by atoms with Gasteiger partial charge < -0.3 is 0 Å². The Bertz CT molecular complexity index is 671. The van der Waals surface area contributed by atoms with E-state index in [1.54, 1.807) is 4.52 Å². The summed E-state index contributed by atoms with van der Waals surface area (Å²) in [6.45, 7) is 2.07. The molecule has 0 unspecified atom stereocenters. The van der Waals surface area contributed by atoms with Crippen molar-refractivity contribution in [3.8, 4) is 11.4 Å². The van der Waals surface area contributed by atoms with Gasteiger partial charge in [-0.1, -0.05) is 29.8 Å². The summed E-state index contributed by atoms with van der Waals surface area (Å²) in [6, 6.07) is 12.1. The van der Waals surface area contributed by atoms with Gasteiger partial charge >= 0.3 is 0 Å². The lowest BCUT2D eigenvalue weighted by molar-refractivity contribution is 0.963. The predicted octanol–water partition coefficient (Wildman–Crippen LogP) is 3.47. The molecular weight excluding hydrogens is 278 g/mol. The molecule has 0 fully saturated rings. The zero-order valence-electron chi connectivity index (χ0n) is 9.26. The Morgan fingerprint density at radius 3 is 2.59 bits per heavy atom. The molecule has 1 aromatic carbocycles. The molecule has 2 heterocycles. The van der Waals surface area contributed by atoms with Crippen molar-refractivity contribution in [2.24, 2.45) is 0 Å². The number of benzene rings is 1. The summed E-state index contributed by atoms with van der Waals surface area (Å²) in [5.74, 6) is 0.747. The molecule has 0 bridgehead atoms. The summed E-state index contributed by atoms with van der Waals surface area (Å²) < 4.78 is 2.73. The maximum absolute atomic E-state index is 4.52. The first-order valence-electron chi connectivity index (χ1n) is 5.32. The Kier molecular flexibility index (Phi) is 2.44. The molecular formula is C13H10BrN3. The lowest BCUT2D eigenvalue weighted by atomic mass is 10.1. The minimum atomic E-state index is 0.747. The highest BCUT2D eigenvalue weighted by molar-refractivity contribution is 9.10. The fourth-order valence-electron chi connectivity index (χ4n) is 1.70. The van der Waals surface area contributed by atoms with E-state index in [1.165, 1.54) is 5.56 Å². The molecule has 0 saturated carbocycles. The van der Waals surface area contributed by atoms with Gasteiger partial charge in [-0.25, -0.2) is 9.50 Å². The molecule has 3 aromatic rings. The van der Waals surface area contributed by atoms with Crippen LogP contribution in [0, 0.1) is 6.92 Å². The highest BCUT2D eigenvalue weighted by Crippen LogP contribution is 2.20. The number of fused-ring (bicyclic) bond motifs is 1. The smallest absolute Gasteiger partial charge is 0.182 e. The van der Waals surface area contributed by atoms with Gasteiger partial charge in [-0.15, -0.1) is 5.10 Å². The van der Waals surface area contributed by atoms with E-state index in [9.17, 15) is 0 Å². The Morgan fingerprint density at radius 2 is 1.88 bits per heavy atom. The third kappa shape index (κ3) is 1.85. The van der Waals surface area contributed by atoms with E-state index in [-0.39, 0.29) is 0 Å². The molecule has 0 amide bonds. The topological polar surface area (TPSA) is 30.2 Å². The molecule has 2 aromatic heterocycles. The molecule has 0 aliphatic heterocycles. The number of hydrogen-bond donors (Lipinski definition) is 0. The van der Waals surface area contributed by atoms with E-state index in [0.29, 0.717) is 0 Å². The van der Waals surface area contributed by atoms with Gasteiger partial charge in [0, 0.05) is 11.8 Å². The number of rotatable bonds is 1. The van der Waals surface area contributed by atoms with Gasteiger partial charge in [0.15, 0.2) is 11.5 Å². The molecule has 0 saturated heterocycles. The van der Waals surface area contributed by atoms with Crippen molar-refractivity contribution in [3.05, 3.63) is 52.6 Å². The SMILES string of the molecule is Cc1ccc(-c2nc3c(Br)cccn3n2)cc1. The fourth-order valence-corrected chi connectivity index (χ4v) is 2.12. The number of aryl methyl sites for hydroxylation is 1. The monoisotopic (exact) mass is 287 g/mol. The minimum absolute atomic E-state index is 0.747. The summed E-state index contributed by atoms with van der Waals surface area (Å²) in [5.41, 5.74) is 3.10. The fraction of sp³-hybridized carbons (Fsp3) is 0.0769. The van der Waals surface area contributed by atoms with Gasteiger partial charge in [-0.2, -0.15) is 0 Å². The van der Waals surface area contributed by atoms with Crippen LogP contribution < -0.4 is 0 Å². The van der Waals surface area contributed by atoms with E-state index >= 15 is 0 Å². The molecule has 3 rings (SSSR count). The normalized spacial score (nSPS) is 10.9. The van der Waals surface area contributed by atoms with Gasteiger partial charge in [0.1, 0.15) is 0 Å². The van der Waals surface area contributed by atoms with Crippen LogP contribution in [-0.2, 0) is 0 Å². The standard InChI is InChI=1S/C13H10BrN3/c1-9-4-6-10(7-5-9)12-15-13-11(14)3-2-8-17(13)16-12/h2-8H,1H3. The van der Waals surface area contributed by atoms with Crippen molar-refractivity contribution in [2.45, 2.75) is 6.92 Å². The summed E-state index contributed by atoms with van der Waals surface area (Å²) in [5, 5.41) is 4.45. The molecule has 3 nitrogen and oxygen atoms in total. The van der Waals surface area contributed by atoms with E-state index in [2.05, 4.69) is 45.1 Å². The zero-order valence-corrected chi connectivity index (χ0v) is 10.8. The van der Waals surface area contributed by atoms with Crippen molar-refractivity contribution in [1.29, 1.82) is 0 Å². The van der Waals surface area contributed by atoms with Crippen molar-refractivity contribution >= 4 is 21.6 Å². The Morgan fingerprint density at radius 1 is 1.12 bits per heavy atom. The molecule has 84 valence electrons. The first kappa shape index (κ1) is 10.5. The Labute approximate surface area is 107 Å². The van der Waals surface area contributed by atoms with Crippen molar-refractivity contribution in [1.82, 2.24) is 14.6 Å². The maximum atomic E-state index is 4.52. The van der Waals surface area contributed by atoms with Crippen LogP contribution in [0.25, 0.3) is 17.0 Å². The first-order valence-corrected chi connectivity index (χ1v) is 6.11. The Hall–Kier alpha value is -1.68. The summed E-state index contributed by atoms with van der Waals surface area (Å²) >= 11 is 3.47. The van der Waals surface area contributed by atoms with Gasteiger partial charge in [-0.3, -0.25) is 0 Å². The summed E-state index contributed by atoms with van der Waals surface area (Å²) in [6.07, 6.45) is 1.89. The molecule has 17 heavy (non-hydrogen) atoms. The van der Waals surface area contributed by atoms with Crippen molar-refractivity contribution in [3.63, 3.8) is 0 Å². The molecule has 4 heteroatoms. The third-order valence-electron chi connectivity index (χ3n) is 2.62. The van der Waals surface area contributed by atoms with Crippen LogP contribution in [0.4, 0.5) is 0 Å². The lowest BCUT2D eigenvalue weighted by Gasteiger charge is -1.94. The van der Waals surface area contributed by atoms with E-state index in [0.717, 1.165) is 21.5 Å². The molecule has 0 aliphatic rings. The zero-order chi connectivity index (χ0) is 11.8. The van der Waals surface area contributed by atoms with Crippen LogP contribution in [0.1, 0.15) is 5.56 Å². The second-order valence-electron chi connectivity index (χ2n) is 3.93. The van der Waals surface area contributed by atoms with Crippen LogP contribution in [0.2, 0.25) is 0 Å². The number of nitrogens with zero attached hydrogens (tertiary/aromatic N) is 3. The van der Waals surface area contributed by atoms with E-state index in [4.69, 9.17) is 0 Å². The van der Waals surface area contributed by atoms with Crippen LogP contribution in [0.15, 0.2) is 47.1 Å². The predicted molar refractivity (Wildman–Crippen MR) is 70.9 cm³/mol. The van der Waals surface area contributed by atoms with Crippen molar-refractivity contribution in [2.75, 3.05) is 0 Å². The maximum Gasteiger partial charge on any atom is 0.182 e. The quantitative estimate of drug-likeness (QED) is 0.686. The van der Waals surface area contributed by atoms with Crippen LogP contribution in [-0.4, -0.2) is 14.6 Å². The summed E-state index contributed by atoms with van der Waals surface area (Å²) in [4.78, 5) is 4.52. The second kappa shape index (κ2) is 3.96. The van der Waals surface area contributed by atoms with Gasteiger partial charge in [0.2, 0.25) is 0 Å². The highest BCUT2D eigenvalue weighted by Gasteiger charge is 2.07. The molecule has 0 spiro atoms. The highest BCUT2D eigenvalue weighted by atomic mass is 79.9. The van der Waals surface area contributed by atoms with E-state index < -0.39 is 0 Å². The molecule has 0 aliphatic carbocycles. The third-order valence-corrected chi connectivity index (χ3v) is 3.24.